The molecule has 0 bridgehead atoms. The lowest BCUT2D eigenvalue weighted by atomic mass is 10.0. The highest BCUT2D eigenvalue weighted by atomic mass is 16.6. The Kier molecular flexibility index (Phi) is 3.41. The average Bonchev–Trinajstić information content (AvgIpc) is 3.19. The van der Waals surface area contributed by atoms with E-state index in [0.717, 1.165) is 24.0 Å². The SMILES string of the molecule is COC(=O)/C=C/c1cc([N+](=O)[O-])ccc1C1CC1. The summed E-state index contributed by atoms with van der Waals surface area (Å²) in [5.41, 5.74) is 1.81. The molecular formula is C13H13NO4. The number of carbonyl (C=O) groups excluding carboxylic acids is 1. The first-order valence-corrected chi connectivity index (χ1v) is 5.66. The molecule has 1 saturated carbocycles. The van der Waals surface area contributed by atoms with Gasteiger partial charge in [0.2, 0.25) is 0 Å². The van der Waals surface area contributed by atoms with Gasteiger partial charge in [-0.1, -0.05) is 6.07 Å². The Morgan fingerprint density at radius 1 is 1.50 bits per heavy atom. The summed E-state index contributed by atoms with van der Waals surface area (Å²) in [6.07, 6.45) is 5.05. The van der Waals surface area contributed by atoms with Crippen LogP contribution in [0, 0.1) is 10.1 Å². The fourth-order valence-corrected chi connectivity index (χ4v) is 1.81. The molecule has 94 valence electrons. The van der Waals surface area contributed by atoms with Crippen LogP contribution in [0.3, 0.4) is 0 Å². The predicted octanol–water partition coefficient (Wildman–Crippen LogP) is 2.66. The van der Waals surface area contributed by atoms with Gasteiger partial charge in [-0.3, -0.25) is 10.1 Å². The number of hydrogen-bond donors (Lipinski definition) is 0. The van der Waals surface area contributed by atoms with Crippen molar-refractivity contribution in [2.45, 2.75) is 18.8 Å². The maximum absolute atomic E-state index is 11.1. The number of non-ortho nitro benzene ring substituents is 1. The second-order valence-electron chi connectivity index (χ2n) is 4.20. The standard InChI is InChI=1S/C13H13NO4/c1-18-13(15)7-4-10-8-11(14(16)17)5-6-12(10)9-2-3-9/h4-9H,2-3H2,1H3/b7-4+. The predicted molar refractivity (Wildman–Crippen MR) is 66.1 cm³/mol. The quantitative estimate of drug-likeness (QED) is 0.355. The zero-order valence-corrected chi connectivity index (χ0v) is 9.96. The number of nitro benzene ring substituents is 1. The first-order chi connectivity index (χ1) is 8.61. The van der Waals surface area contributed by atoms with Crippen molar-refractivity contribution in [3.05, 3.63) is 45.5 Å². The van der Waals surface area contributed by atoms with Crippen molar-refractivity contribution in [1.82, 2.24) is 0 Å². The summed E-state index contributed by atoms with van der Waals surface area (Å²) >= 11 is 0. The van der Waals surface area contributed by atoms with E-state index in [2.05, 4.69) is 4.74 Å². The summed E-state index contributed by atoms with van der Waals surface area (Å²) in [6.45, 7) is 0. The molecular weight excluding hydrogens is 234 g/mol. The van der Waals surface area contributed by atoms with Gasteiger partial charge < -0.3 is 4.74 Å². The highest BCUT2D eigenvalue weighted by Gasteiger charge is 2.26. The van der Waals surface area contributed by atoms with Gasteiger partial charge in [0, 0.05) is 18.2 Å². The van der Waals surface area contributed by atoms with Crippen molar-refractivity contribution in [2.24, 2.45) is 0 Å². The molecule has 0 atom stereocenters. The normalized spacial score (nSPS) is 14.7. The van der Waals surface area contributed by atoms with Crippen LogP contribution in [0.2, 0.25) is 0 Å². The van der Waals surface area contributed by atoms with E-state index in [4.69, 9.17) is 0 Å². The van der Waals surface area contributed by atoms with Crippen LogP contribution in [-0.2, 0) is 9.53 Å². The van der Waals surface area contributed by atoms with Crippen LogP contribution in [-0.4, -0.2) is 18.0 Å². The molecule has 1 fully saturated rings. The maximum Gasteiger partial charge on any atom is 0.330 e. The second-order valence-corrected chi connectivity index (χ2v) is 4.20. The van der Waals surface area contributed by atoms with E-state index >= 15 is 0 Å². The Labute approximate surface area is 104 Å². The lowest BCUT2D eigenvalue weighted by Crippen LogP contribution is -1.95. The van der Waals surface area contributed by atoms with Crippen LogP contribution in [0.4, 0.5) is 5.69 Å². The van der Waals surface area contributed by atoms with Crippen molar-refractivity contribution in [2.75, 3.05) is 7.11 Å². The molecule has 0 aromatic heterocycles. The minimum atomic E-state index is -0.469. The molecule has 0 aliphatic heterocycles. The maximum atomic E-state index is 11.1. The van der Waals surface area contributed by atoms with Crippen LogP contribution in [0.5, 0.6) is 0 Å². The minimum absolute atomic E-state index is 0.0314. The Bertz CT molecular complexity index is 518. The van der Waals surface area contributed by atoms with Crippen molar-refractivity contribution < 1.29 is 14.5 Å². The Morgan fingerprint density at radius 2 is 2.22 bits per heavy atom. The van der Waals surface area contributed by atoms with E-state index in [9.17, 15) is 14.9 Å². The van der Waals surface area contributed by atoms with E-state index in [-0.39, 0.29) is 5.69 Å². The largest absolute Gasteiger partial charge is 0.466 e. The second kappa shape index (κ2) is 5.00. The minimum Gasteiger partial charge on any atom is -0.466 e. The number of rotatable bonds is 4. The third-order valence-corrected chi connectivity index (χ3v) is 2.90. The van der Waals surface area contributed by atoms with Crippen LogP contribution < -0.4 is 0 Å². The molecule has 0 saturated heterocycles. The van der Waals surface area contributed by atoms with Crippen molar-refractivity contribution in [3.8, 4) is 0 Å². The molecule has 1 aromatic rings. The highest BCUT2D eigenvalue weighted by Crippen LogP contribution is 2.42. The van der Waals surface area contributed by atoms with Gasteiger partial charge in [0.15, 0.2) is 0 Å². The van der Waals surface area contributed by atoms with E-state index in [1.54, 1.807) is 12.1 Å². The van der Waals surface area contributed by atoms with Crippen LogP contribution in [0.25, 0.3) is 6.08 Å². The zero-order chi connectivity index (χ0) is 13.1. The Hall–Kier alpha value is -2.17. The number of esters is 1. The van der Waals surface area contributed by atoms with Crippen molar-refractivity contribution in [3.63, 3.8) is 0 Å². The average molecular weight is 247 g/mol. The zero-order valence-electron chi connectivity index (χ0n) is 9.96. The molecule has 0 heterocycles. The molecule has 5 nitrogen and oxygen atoms in total. The Morgan fingerprint density at radius 3 is 2.78 bits per heavy atom. The molecule has 1 aliphatic carbocycles. The number of carbonyl (C=O) groups is 1. The molecule has 0 spiro atoms. The van der Waals surface area contributed by atoms with E-state index < -0.39 is 10.9 Å². The smallest absolute Gasteiger partial charge is 0.330 e. The topological polar surface area (TPSA) is 69.4 Å². The van der Waals surface area contributed by atoms with E-state index in [1.165, 1.54) is 25.3 Å². The molecule has 0 amide bonds. The van der Waals surface area contributed by atoms with Gasteiger partial charge in [-0.05, 0) is 36.0 Å². The van der Waals surface area contributed by atoms with Gasteiger partial charge in [0.25, 0.3) is 5.69 Å². The number of nitro groups is 1. The molecule has 0 unspecified atom stereocenters. The fraction of sp³-hybridized carbons (Fsp3) is 0.308. The summed E-state index contributed by atoms with van der Waals surface area (Å²) in [6, 6.07) is 4.77. The van der Waals surface area contributed by atoms with Gasteiger partial charge in [-0.25, -0.2) is 4.79 Å². The molecule has 5 heteroatoms. The third-order valence-electron chi connectivity index (χ3n) is 2.90. The first-order valence-electron chi connectivity index (χ1n) is 5.66. The van der Waals surface area contributed by atoms with Gasteiger partial charge in [-0.2, -0.15) is 0 Å². The van der Waals surface area contributed by atoms with Crippen LogP contribution in [0.1, 0.15) is 29.9 Å². The number of hydrogen-bond acceptors (Lipinski definition) is 4. The van der Waals surface area contributed by atoms with Crippen LogP contribution >= 0.6 is 0 Å². The summed E-state index contributed by atoms with van der Waals surface area (Å²) in [7, 11) is 1.29. The molecule has 1 aromatic carbocycles. The molecule has 0 radical (unpaired) electrons. The third kappa shape index (κ3) is 2.74. The lowest BCUT2D eigenvalue weighted by Gasteiger charge is -2.04. The number of ether oxygens (including phenoxy) is 1. The Balaban J connectivity index is 2.34. The van der Waals surface area contributed by atoms with E-state index in [0.29, 0.717) is 5.92 Å². The lowest BCUT2D eigenvalue weighted by molar-refractivity contribution is -0.384. The molecule has 0 N–H and O–H groups in total. The van der Waals surface area contributed by atoms with Gasteiger partial charge in [0.05, 0.1) is 12.0 Å². The highest BCUT2D eigenvalue weighted by molar-refractivity contribution is 5.87. The van der Waals surface area contributed by atoms with Crippen molar-refractivity contribution in [1.29, 1.82) is 0 Å². The number of methoxy groups -OCH3 is 1. The summed E-state index contributed by atoms with van der Waals surface area (Å²) in [5, 5.41) is 10.7. The fourth-order valence-electron chi connectivity index (χ4n) is 1.81. The first kappa shape index (κ1) is 12.3. The summed E-state index contributed by atoms with van der Waals surface area (Å²) < 4.78 is 4.51. The molecule has 2 rings (SSSR count). The van der Waals surface area contributed by atoms with Crippen molar-refractivity contribution >= 4 is 17.7 Å². The van der Waals surface area contributed by atoms with Crippen LogP contribution in [0.15, 0.2) is 24.3 Å². The molecule has 18 heavy (non-hydrogen) atoms. The summed E-state index contributed by atoms with van der Waals surface area (Å²) in [4.78, 5) is 21.4. The summed E-state index contributed by atoms with van der Waals surface area (Å²) in [5.74, 6) is -0.00801. The van der Waals surface area contributed by atoms with Gasteiger partial charge in [-0.15, -0.1) is 0 Å². The van der Waals surface area contributed by atoms with E-state index in [1.807, 2.05) is 0 Å². The number of benzene rings is 1. The number of nitrogens with zero attached hydrogens (tertiary/aromatic N) is 1. The molecule has 1 aliphatic rings. The van der Waals surface area contributed by atoms with Gasteiger partial charge in [0.1, 0.15) is 0 Å². The monoisotopic (exact) mass is 247 g/mol. The van der Waals surface area contributed by atoms with Gasteiger partial charge >= 0.3 is 5.97 Å².